The van der Waals surface area contributed by atoms with Crippen LogP contribution < -0.4 is 19.6 Å². The number of unbranched alkanes of at least 4 members (excludes halogenated alkanes) is 1. The Morgan fingerprint density at radius 1 is 1.03 bits per heavy atom. The van der Waals surface area contributed by atoms with Gasteiger partial charge in [0.15, 0.2) is 6.61 Å². The van der Waals surface area contributed by atoms with Crippen LogP contribution in [-0.2, 0) is 4.79 Å². The lowest BCUT2D eigenvalue weighted by Gasteiger charge is -2.09. The molecular weight excluding hydrogens is 536 g/mol. The van der Waals surface area contributed by atoms with Crippen LogP contribution in [0.25, 0.3) is 0 Å². The van der Waals surface area contributed by atoms with E-state index in [0.717, 1.165) is 23.1 Å². The molecule has 0 saturated heterocycles. The smallest absolute Gasteiger partial charge is 0.345 e. The van der Waals surface area contributed by atoms with E-state index >= 15 is 0 Å². The Morgan fingerprint density at radius 3 is 2.46 bits per heavy atom. The summed E-state index contributed by atoms with van der Waals surface area (Å²) in [6.45, 7) is 2.54. The number of esters is 1. The molecule has 3 aromatic rings. The summed E-state index contributed by atoms with van der Waals surface area (Å²) in [7, 11) is 0. The van der Waals surface area contributed by atoms with Crippen molar-refractivity contribution in [2.24, 2.45) is 5.10 Å². The lowest BCUT2D eigenvalue weighted by molar-refractivity contribution is -0.123. The highest BCUT2D eigenvalue weighted by Gasteiger charge is 2.14. The minimum atomic E-state index is -0.605. The van der Waals surface area contributed by atoms with Gasteiger partial charge < -0.3 is 14.2 Å². The lowest BCUT2D eigenvalue weighted by atomic mass is 10.2. The molecule has 182 valence electrons. The average molecular weight is 560 g/mol. The van der Waals surface area contributed by atoms with Gasteiger partial charge in [-0.2, -0.15) is 5.10 Å². The van der Waals surface area contributed by atoms with Gasteiger partial charge in [0.25, 0.3) is 5.91 Å². The van der Waals surface area contributed by atoms with Gasteiger partial charge in [0.1, 0.15) is 17.2 Å². The number of hydrogen-bond acceptors (Lipinski definition) is 6. The number of nitrogens with one attached hydrogen (secondary N) is 1. The molecule has 3 rings (SSSR count). The van der Waals surface area contributed by atoms with Crippen molar-refractivity contribution in [2.45, 2.75) is 19.8 Å². The number of carbonyl (C=O) groups excluding carboxylic acids is 2. The fourth-order valence-corrected chi connectivity index (χ4v) is 3.41. The second-order valence-corrected chi connectivity index (χ2v) is 8.63. The Morgan fingerprint density at radius 2 is 1.74 bits per heavy atom. The number of hydrazone groups is 1. The highest BCUT2D eigenvalue weighted by molar-refractivity contribution is 9.10. The molecular formula is C26H24BrClN2O5. The quantitative estimate of drug-likeness (QED) is 0.102. The number of amides is 1. The van der Waals surface area contributed by atoms with Crippen LogP contribution >= 0.6 is 27.5 Å². The summed E-state index contributed by atoms with van der Waals surface area (Å²) >= 11 is 9.45. The zero-order chi connectivity index (χ0) is 25.0. The number of halogens is 2. The standard InChI is InChI=1S/C26H24BrClN2O5/c1-2-3-14-33-20-9-11-21(12-10-20)34-17-25(31)30-29-16-18-15-19(27)8-13-24(18)35-26(32)22-6-4-5-7-23(22)28/h4-13,15-16H,2-3,14,17H2,1H3,(H,30,31)/b29-16+. The third-order valence-corrected chi connectivity index (χ3v) is 5.44. The summed E-state index contributed by atoms with van der Waals surface area (Å²) in [4.78, 5) is 24.6. The molecule has 1 N–H and O–H groups in total. The summed E-state index contributed by atoms with van der Waals surface area (Å²) in [5.74, 6) is 0.488. The van der Waals surface area contributed by atoms with Gasteiger partial charge in [-0.25, -0.2) is 10.2 Å². The van der Waals surface area contributed by atoms with E-state index in [0.29, 0.717) is 17.9 Å². The molecule has 0 aromatic heterocycles. The maximum absolute atomic E-state index is 12.5. The van der Waals surface area contributed by atoms with Crippen molar-refractivity contribution in [3.05, 3.63) is 87.4 Å². The lowest BCUT2D eigenvalue weighted by Crippen LogP contribution is -2.24. The largest absolute Gasteiger partial charge is 0.494 e. The van der Waals surface area contributed by atoms with Gasteiger partial charge in [-0.3, -0.25) is 4.79 Å². The van der Waals surface area contributed by atoms with E-state index in [1.54, 1.807) is 66.7 Å². The van der Waals surface area contributed by atoms with Crippen LogP contribution in [-0.4, -0.2) is 31.3 Å². The number of ether oxygens (including phenoxy) is 3. The van der Waals surface area contributed by atoms with Gasteiger partial charge >= 0.3 is 5.97 Å². The number of hydrogen-bond donors (Lipinski definition) is 1. The molecule has 1 amide bonds. The molecule has 35 heavy (non-hydrogen) atoms. The number of benzene rings is 3. The third kappa shape index (κ3) is 8.42. The number of nitrogens with zero attached hydrogens (tertiary/aromatic N) is 1. The minimum absolute atomic E-state index is 0.222. The molecule has 0 heterocycles. The molecule has 0 aliphatic heterocycles. The van der Waals surface area contributed by atoms with Crippen molar-refractivity contribution in [2.75, 3.05) is 13.2 Å². The molecule has 7 nitrogen and oxygen atoms in total. The fourth-order valence-electron chi connectivity index (χ4n) is 2.82. The van der Waals surface area contributed by atoms with Crippen molar-refractivity contribution in [1.29, 1.82) is 0 Å². The Kier molecular flexibility index (Phi) is 10.1. The van der Waals surface area contributed by atoms with E-state index in [2.05, 4.69) is 33.4 Å². The van der Waals surface area contributed by atoms with Crippen LogP contribution in [0.2, 0.25) is 5.02 Å². The predicted molar refractivity (Wildman–Crippen MR) is 139 cm³/mol. The molecule has 0 atom stereocenters. The topological polar surface area (TPSA) is 86.2 Å². The normalized spacial score (nSPS) is 10.7. The fraction of sp³-hybridized carbons (Fsp3) is 0.192. The first-order valence-electron chi connectivity index (χ1n) is 10.9. The summed E-state index contributed by atoms with van der Waals surface area (Å²) < 4.78 is 17.3. The predicted octanol–water partition coefficient (Wildman–Crippen LogP) is 6.03. The first-order chi connectivity index (χ1) is 17.0. The van der Waals surface area contributed by atoms with Crippen LogP contribution in [0.3, 0.4) is 0 Å². The number of carbonyl (C=O) groups is 2. The maximum Gasteiger partial charge on any atom is 0.345 e. The van der Waals surface area contributed by atoms with E-state index in [9.17, 15) is 9.59 Å². The van der Waals surface area contributed by atoms with Gasteiger partial charge in [0, 0.05) is 10.0 Å². The van der Waals surface area contributed by atoms with Gasteiger partial charge in [-0.15, -0.1) is 0 Å². The van der Waals surface area contributed by atoms with Crippen LogP contribution in [0.15, 0.2) is 76.3 Å². The average Bonchev–Trinajstić information content (AvgIpc) is 2.85. The van der Waals surface area contributed by atoms with Crippen molar-refractivity contribution in [3.63, 3.8) is 0 Å². The maximum atomic E-state index is 12.5. The SMILES string of the molecule is CCCCOc1ccc(OCC(=O)N/N=C/c2cc(Br)ccc2OC(=O)c2ccccc2Cl)cc1. The molecule has 0 fully saturated rings. The van der Waals surface area contributed by atoms with Gasteiger partial charge in [-0.1, -0.05) is 53.0 Å². The molecule has 0 aliphatic carbocycles. The molecule has 9 heteroatoms. The molecule has 0 bridgehead atoms. The van der Waals surface area contributed by atoms with E-state index in [-0.39, 0.29) is 22.9 Å². The van der Waals surface area contributed by atoms with Crippen LogP contribution in [0.5, 0.6) is 17.2 Å². The summed E-state index contributed by atoms with van der Waals surface area (Å²) in [6, 6.07) is 18.7. The highest BCUT2D eigenvalue weighted by atomic mass is 79.9. The second-order valence-electron chi connectivity index (χ2n) is 7.31. The summed E-state index contributed by atoms with van der Waals surface area (Å²) in [5, 5.41) is 4.23. The first-order valence-corrected chi connectivity index (χ1v) is 12.1. The minimum Gasteiger partial charge on any atom is -0.494 e. The summed E-state index contributed by atoms with van der Waals surface area (Å²) in [6.07, 6.45) is 3.43. The molecule has 3 aromatic carbocycles. The zero-order valence-corrected chi connectivity index (χ0v) is 21.3. The molecule has 0 unspecified atom stereocenters. The molecule has 0 aliphatic rings. The summed E-state index contributed by atoms with van der Waals surface area (Å²) in [5.41, 5.74) is 3.11. The Balaban J connectivity index is 1.54. The first kappa shape index (κ1) is 26.2. The third-order valence-electron chi connectivity index (χ3n) is 4.62. The molecule has 0 saturated carbocycles. The monoisotopic (exact) mass is 558 g/mol. The van der Waals surface area contributed by atoms with Crippen LogP contribution in [0.4, 0.5) is 0 Å². The van der Waals surface area contributed by atoms with Crippen molar-refractivity contribution < 1.29 is 23.8 Å². The van der Waals surface area contributed by atoms with E-state index in [1.807, 2.05) is 0 Å². The van der Waals surface area contributed by atoms with Gasteiger partial charge in [0.05, 0.1) is 23.4 Å². The van der Waals surface area contributed by atoms with Crippen molar-refractivity contribution >= 4 is 45.6 Å². The molecule has 0 spiro atoms. The Bertz CT molecular complexity index is 1180. The second kappa shape index (κ2) is 13.5. The highest BCUT2D eigenvalue weighted by Crippen LogP contribution is 2.24. The van der Waals surface area contributed by atoms with E-state index in [4.69, 9.17) is 25.8 Å². The van der Waals surface area contributed by atoms with Crippen molar-refractivity contribution in [1.82, 2.24) is 5.43 Å². The van der Waals surface area contributed by atoms with E-state index < -0.39 is 11.9 Å². The van der Waals surface area contributed by atoms with Gasteiger partial charge in [0.2, 0.25) is 0 Å². The van der Waals surface area contributed by atoms with Crippen LogP contribution in [0.1, 0.15) is 35.7 Å². The van der Waals surface area contributed by atoms with E-state index in [1.165, 1.54) is 6.21 Å². The van der Waals surface area contributed by atoms with Gasteiger partial charge in [-0.05, 0) is 61.0 Å². The Hall–Kier alpha value is -3.36. The van der Waals surface area contributed by atoms with Crippen LogP contribution in [0, 0.1) is 0 Å². The number of rotatable bonds is 11. The Labute approximate surface area is 217 Å². The zero-order valence-electron chi connectivity index (χ0n) is 19.0. The molecule has 0 radical (unpaired) electrons. The van der Waals surface area contributed by atoms with Crippen molar-refractivity contribution in [3.8, 4) is 17.2 Å².